The third-order valence-corrected chi connectivity index (χ3v) is 2.53. The van der Waals surface area contributed by atoms with E-state index in [0.717, 1.165) is 16.9 Å². The molecule has 1 aromatic heterocycles. The van der Waals surface area contributed by atoms with Crippen LogP contribution >= 0.6 is 0 Å². The van der Waals surface area contributed by atoms with E-state index in [1.165, 1.54) is 6.20 Å². The summed E-state index contributed by atoms with van der Waals surface area (Å²) in [6.45, 7) is 1.93. The summed E-state index contributed by atoms with van der Waals surface area (Å²) < 4.78 is 5.17. The first-order chi connectivity index (χ1) is 8.11. The number of benzene rings is 1. The molecular weight excluding hydrogens is 218 g/mol. The Morgan fingerprint density at radius 3 is 2.82 bits per heavy atom. The fourth-order valence-electron chi connectivity index (χ4n) is 1.68. The van der Waals surface area contributed by atoms with Crippen molar-refractivity contribution in [3.05, 3.63) is 40.4 Å². The first-order valence-corrected chi connectivity index (χ1v) is 5.11. The van der Waals surface area contributed by atoms with Crippen LogP contribution in [-0.2, 0) is 0 Å². The number of nitrogens with two attached hydrogens (primary N) is 1. The number of aromatic nitrogens is 2. The second-order valence-corrected chi connectivity index (χ2v) is 3.70. The Bertz CT molecular complexity index is 605. The van der Waals surface area contributed by atoms with Gasteiger partial charge in [0.25, 0.3) is 0 Å². The molecule has 0 bridgehead atoms. The van der Waals surface area contributed by atoms with Crippen molar-refractivity contribution < 1.29 is 4.74 Å². The van der Waals surface area contributed by atoms with Crippen molar-refractivity contribution in [3.63, 3.8) is 0 Å². The SMILES string of the molecule is COc1ccc(-c2[nH]c(=O)ncc2N)cc1C. The molecule has 0 atom stereocenters. The van der Waals surface area contributed by atoms with E-state index in [2.05, 4.69) is 9.97 Å². The van der Waals surface area contributed by atoms with Crippen molar-refractivity contribution in [2.45, 2.75) is 6.92 Å². The van der Waals surface area contributed by atoms with Crippen LogP contribution in [0.3, 0.4) is 0 Å². The van der Waals surface area contributed by atoms with Crippen molar-refractivity contribution in [2.24, 2.45) is 0 Å². The van der Waals surface area contributed by atoms with Crippen molar-refractivity contribution in [1.29, 1.82) is 0 Å². The zero-order valence-electron chi connectivity index (χ0n) is 9.65. The molecule has 2 rings (SSSR count). The molecule has 5 heteroatoms. The van der Waals surface area contributed by atoms with Crippen LogP contribution in [0.4, 0.5) is 5.69 Å². The number of hydrogen-bond acceptors (Lipinski definition) is 4. The molecule has 1 heterocycles. The molecule has 0 saturated heterocycles. The average molecular weight is 231 g/mol. The Morgan fingerprint density at radius 2 is 2.18 bits per heavy atom. The van der Waals surface area contributed by atoms with Gasteiger partial charge in [0.05, 0.1) is 24.7 Å². The number of hydrogen-bond donors (Lipinski definition) is 2. The first-order valence-electron chi connectivity index (χ1n) is 5.11. The van der Waals surface area contributed by atoms with E-state index in [1.807, 2.05) is 25.1 Å². The van der Waals surface area contributed by atoms with E-state index in [-0.39, 0.29) is 0 Å². The van der Waals surface area contributed by atoms with Crippen LogP contribution in [0, 0.1) is 6.92 Å². The molecule has 5 nitrogen and oxygen atoms in total. The number of anilines is 1. The zero-order valence-corrected chi connectivity index (χ0v) is 9.65. The van der Waals surface area contributed by atoms with Crippen molar-refractivity contribution >= 4 is 5.69 Å². The summed E-state index contributed by atoms with van der Waals surface area (Å²) in [7, 11) is 1.62. The lowest BCUT2D eigenvalue weighted by Gasteiger charge is -2.08. The zero-order chi connectivity index (χ0) is 12.4. The number of ether oxygens (including phenoxy) is 1. The number of nitrogen functional groups attached to an aromatic ring is 1. The topological polar surface area (TPSA) is 81.0 Å². The van der Waals surface area contributed by atoms with Gasteiger partial charge in [-0.1, -0.05) is 0 Å². The predicted molar refractivity (Wildman–Crippen MR) is 66.0 cm³/mol. The fourth-order valence-corrected chi connectivity index (χ4v) is 1.68. The van der Waals surface area contributed by atoms with Crippen LogP contribution in [0.1, 0.15) is 5.56 Å². The highest BCUT2D eigenvalue weighted by molar-refractivity contribution is 5.72. The molecular formula is C12H13N3O2. The van der Waals surface area contributed by atoms with Crippen LogP contribution in [0.5, 0.6) is 5.75 Å². The number of H-pyrrole nitrogens is 1. The number of aryl methyl sites for hydroxylation is 1. The van der Waals surface area contributed by atoms with Gasteiger partial charge in [0.1, 0.15) is 5.75 Å². The molecule has 0 fully saturated rings. The molecule has 0 saturated carbocycles. The summed E-state index contributed by atoms with van der Waals surface area (Å²) in [5.74, 6) is 0.795. The lowest BCUT2D eigenvalue weighted by molar-refractivity contribution is 0.412. The molecule has 0 unspecified atom stereocenters. The second-order valence-electron chi connectivity index (χ2n) is 3.70. The quantitative estimate of drug-likeness (QED) is 0.817. The van der Waals surface area contributed by atoms with E-state index < -0.39 is 5.69 Å². The summed E-state index contributed by atoms with van der Waals surface area (Å²) in [5.41, 5.74) is 8.19. The molecule has 0 radical (unpaired) electrons. The molecule has 1 aromatic carbocycles. The molecule has 0 aliphatic heterocycles. The second kappa shape index (κ2) is 4.29. The van der Waals surface area contributed by atoms with E-state index in [0.29, 0.717) is 11.4 Å². The average Bonchev–Trinajstić information content (AvgIpc) is 2.32. The molecule has 0 amide bonds. The maximum absolute atomic E-state index is 11.2. The van der Waals surface area contributed by atoms with Crippen LogP contribution in [0.15, 0.2) is 29.2 Å². The Labute approximate surface area is 98.3 Å². The van der Waals surface area contributed by atoms with Crippen LogP contribution in [0.25, 0.3) is 11.3 Å². The Morgan fingerprint density at radius 1 is 1.41 bits per heavy atom. The van der Waals surface area contributed by atoms with E-state index in [1.54, 1.807) is 7.11 Å². The van der Waals surface area contributed by atoms with Gasteiger partial charge >= 0.3 is 5.69 Å². The third-order valence-electron chi connectivity index (χ3n) is 2.53. The highest BCUT2D eigenvalue weighted by Gasteiger charge is 2.06. The van der Waals surface area contributed by atoms with Crippen LogP contribution in [-0.4, -0.2) is 17.1 Å². The molecule has 0 spiro atoms. The molecule has 2 aromatic rings. The lowest BCUT2D eigenvalue weighted by atomic mass is 10.1. The number of nitrogens with one attached hydrogen (secondary N) is 1. The summed E-state index contributed by atoms with van der Waals surface area (Å²) in [6.07, 6.45) is 1.35. The molecule has 0 aliphatic carbocycles. The van der Waals surface area contributed by atoms with Gasteiger partial charge in [-0.3, -0.25) is 0 Å². The maximum atomic E-state index is 11.2. The van der Waals surface area contributed by atoms with Gasteiger partial charge in [-0.25, -0.2) is 4.79 Å². The van der Waals surface area contributed by atoms with Gasteiger partial charge in [-0.05, 0) is 30.7 Å². The van der Waals surface area contributed by atoms with Crippen LogP contribution < -0.4 is 16.2 Å². The van der Waals surface area contributed by atoms with E-state index >= 15 is 0 Å². The van der Waals surface area contributed by atoms with Gasteiger partial charge < -0.3 is 15.5 Å². The third kappa shape index (κ3) is 2.13. The normalized spacial score (nSPS) is 10.2. The standard InChI is InChI=1S/C12H13N3O2/c1-7-5-8(3-4-10(7)17-2)11-9(13)6-14-12(16)15-11/h3-6H,13H2,1-2H3,(H,14,15,16). The van der Waals surface area contributed by atoms with Gasteiger partial charge in [0.2, 0.25) is 0 Å². The highest BCUT2D eigenvalue weighted by atomic mass is 16.5. The number of aromatic amines is 1. The molecule has 88 valence electrons. The first kappa shape index (κ1) is 11.2. The molecule has 0 aliphatic rings. The van der Waals surface area contributed by atoms with Crippen molar-refractivity contribution in [3.8, 4) is 17.0 Å². The van der Waals surface area contributed by atoms with Crippen molar-refractivity contribution in [1.82, 2.24) is 9.97 Å². The summed E-state index contributed by atoms with van der Waals surface area (Å²) in [6, 6.07) is 5.58. The summed E-state index contributed by atoms with van der Waals surface area (Å²) >= 11 is 0. The number of methoxy groups -OCH3 is 1. The largest absolute Gasteiger partial charge is 0.496 e. The summed E-state index contributed by atoms with van der Waals surface area (Å²) in [4.78, 5) is 17.4. The maximum Gasteiger partial charge on any atom is 0.345 e. The van der Waals surface area contributed by atoms with Crippen LogP contribution in [0.2, 0.25) is 0 Å². The minimum atomic E-state index is -0.414. The number of rotatable bonds is 2. The lowest BCUT2D eigenvalue weighted by Crippen LogP contribution is -2.12. The van der Waals surface area contributed by atoms with Gasteiger partial charge in [-0.15, -0.1) is 0 Å². The molecule has 3 N–H and O–H groups in total. The Kier molecular flexibility index (Phi) is 2.82. The Balaban J connectivity index is 2.57. The van der Waals surface area contributed by atoms with E-state index in [9.17, 15) is 4.79 Å². The smallest absolute Gasteiger partial charge is 0.345 e. The predicted octanol–water partition coefficient (Wildman–Crippen LogP) is 1.34. The summed E-state index contributed by atoms with van der Waals surface area (Å²) in [5, 5.41) is 0. The fraction of sp³-hybridized carbons (Fsp3) is 0.167. The number of nitrogens with zero attached hydrogens (tertiary/aromatic N) is 1. The van der Waals surface area contributed by atoms with Gasteiger partial charge in [0, 0.05) is 5.56 Å². The van der Waals surface area contributed by atoms with Gasteiger partial charge in [-0.2, -0.15) is 4.98 Å². The monoisotopic (exact) mass is 231 g/mol. The van der Waals surface area contributed by atoms with Crippen molar-refractivity contribution in [2.75, 3.05) is 12.8 Å². The molecule has 17 heavy (non-hydrogen) atoms. The minimum Gasteiger partial charge on any atom is -0.496 e. The highest BCUT2D eigenvalue weighted by Crippen LogP contribution is 2.26. The van der Waals surface area contributed by atoms with E-state index in [4.69, 9.17) is 10.5 Å². The Hall–Kier alpha value is -2.30. The minimum absolute atomic E-state index is 0.414. The van der Waals surface area contributed by atoms with Gasteiger partial charge in [0.15, 0.2) is 0 Å².